The fourth-order valence-electron chi connectivity index (χ4n) is 1.21. The second-order valence-corrected chi connectivity index (χ2v) is 7.22. The molecule has 0 saturated heterocycles. The Balaban J connectivity index is 2.86. The quantitative estimate of drug-likeness (QED) is 0.829. The van der Waals surface area contributed by atoms with Gasteiger partial charge in [-0.2, -0.15) is 0 Å². The molecule has 5 nitrogen and oxygen atoms in total. The van der Waals surface area contributed by atoms with E-state index in [2.05, 4.69) is 4.98 Å². The Bertz CT molecular complexity index is 467. The monoisotopic (exact) mass is 262 g/mol. The number of hydrogen-bond acceptors (Lipinski definition) is 5. The maximum Gasteiger partial charge on any atom is 0.238 e. The molecule has 1 rings (SSSR count). The molecule has 0 aliphatic carbocycles. The third-order valence-corrected chi connectivity index (χ3v) is 5.52. The van der Waals surface area contributed by atoms with Gasteiger partial charge in [-0.05, 0) is 13.3 Å². The van der Waals surface area contributed by atoms with Crippen molar-refractivity contribution in [2.24, 2.45) is 5.73 Å². The Morgan fingerprint density at radius 3 is 2.62 bits per heavy atom. The highest BCUT2D eigenvalue weighted by atomic mass is 32.2. The van der Waals surface area contributed by atoms with Gasteiger partial charge in [-0.15, -0.1) is 11.3 Å². The predicted octanol–water partition coefficient (Wildman–Crippen LogP) is 0.364. The number of aryl methyl sites for hydroxylation is 1. The van der Waals surface area contributed by atoms with Crippen molar-refractivity contribution in [3.05, 3.63) is 16.6 Å². The third kappa shape index (κ3) is 2.59. The van der Waals surface area contributed by atoms with Crippen LogP contribution >= 0.6 is 11.3 Å². The van der Waals surface area contributed by atoms with Crippen molar-refractivity contribution in [1.29, 1.82) is 0 Å². The van der Waals surface area contributed by atoms with Crippen LogP contribution in [0.1, 0.15) is 18.4 Å². The molecule has 0 aliphatic rings. The highest BCUT2D eigenvalue weighted by Crippen LogP contribution is 2.23. The summed E-state index contributed by atoms with van der Waals surface area (Å²) in [5.41, 5.74) is 5.16. The van der Waals surface area contributed by atoms with Gasteiger partial charge in [-0.25, -0.2) is 13.4 Å². The van der Waals surface area contributed by atoms with Crippen molar-refractivity contribution in [2.45, 2.75) is 24.5 Å². The lowest BCUT2D eigenvalue weighted by atomic mass is 10.0. The highest BCUT2D eigenvalue weighted by Gasteiger charge is 2.41. The summed E-state index contributed by atoms with van der Waals surface area (Å²) in [5.74, 6) is -0.813. The number of rotatable bonds is 5. The zero-order valence-electron chi connectivity index (χ0n) is 9.13. The van der Waals surface area contributed by atoms with E-state index in [1.54, 1.807) is 11.6 Å². The van der Waals surface area contributed by atoms with Crippen LogP contribution in [-0.2, 0) is 21.1 Å². The van der Waals surface area contributed by atoms with Crippen molar-refractivity contribution < 1.29 is 13.2 Å². The summed E-state index contributed by atoms with van der Waals surface area (Å²) < 4.78 is 21.6. The molecule has 16 heavy (non-hydrogen) atoms. The first-order valence-electron chi connectivity index (χ1n) is 4.65. The van der Waals surface area contributed by atoms with E-state index in [-0.39, 0.29) is 6.42 Å². The summed E-state index contributed by atoms with van der Waals surface area (Å²) in [6, 6.07) is 0. The molecule has 0 fully saturated rings. The second-order valence-electron chi connectivity index (χ2n) is 3.79. The summed E-state index contributed by atoms with van der Waals surface area (Å²) in [6.45, 7) is 1.36. The average Bonchev–Trinajstić information content (AvgIpc) is 2.64. The van der Waals surface area contributed by atoms with E-state index in [0.29, 0.717) is 6.42 Å². The van der Waals surface area contributed by atoms with Gasteiger partial charge in [-0.3, -0.25) is 4.79 Å². The highest BCUT2D eigenvalue weighted by molar-refractivity contribution is 7.92. The smallest absolute Gasteiger partial charge is 0.238 e. The SMILES string of the molecule is CC(CCc1nccs1)(C(N)=O)S(C)(=O)=O. The minimum atomic E-state index is -3.51. The second kappa shape index (κ2) is 4.50. The fraction of sp³-hybridized carbons (Fsp3) is 0.556. The van der Waals surface area contributed by atoms with Crippen molar-refractivity contribution in [2.75, 3.05) is 6.26 Å². The van der Waals surface area contributed by atoms with Crippen molar-refractivity contribution in [1.82, 2.24) is 4.98 Å². The van der Waals surface area contributed by atoms with Crippen LogP contribution in [0.4, 0.5) is 0 Å². The molecule has 1 atom stereocenters. The molecule has 0 radical (unpaired) electrons. The lowest BCUT2D eigenvalue weighted by Gasteiger charge is -2.23. The van der Waals surface area contributed by atoms with Crippen LogP contribution in [0.3, 0.4) is 0 Å². The molecule has 0 saturated carbocycles. The molecule has 90 valence electrons. The fourth-order valence-corrected chi connectivity index (χ4v) is 2.67. The predicted molar refractivity (Wildman–Crippen MR) is 62.9 cm³/mol. The molecule has 1 amide bonds. The summed E-state index contributed by atoms with van der Waals surface area (Å²) in [6.07, 6.45) is 3.26. The largest absolute Gasteiger partial charge is 0.368 e. The molecule has 0 aliphatic heterocycles. The number of hydrogen-bond donors (Lipinski definition) is 1. The Labute approximate surface area is 98.6 Å². The van der Waals surface area contributed by atoms with E-state index >= 15 is 0 Å². The van der Waals surface area contributed by atoms with Crippen LogP contribution < -0.4 is 5.73 Å². The summed E-state index contributed by atoms with van der Waals surface area (Å²) in [4.78, 5) is 15.3. The lowest BCUT2D eigenvalue weighted by molar-refractivity contribution is -0.120. The standard InChI is InChI=1S/C9H14N2O3S2/c1-9(8(10)12,16(2,13)14)4-3-7-11-5-6-15-7/h5-6H,3-4H2,1-2H3,(H2,10,12). The van der Waals surface area contributed by atoms with Gasteiger partial charge >= 0.3 is 0 Å². The van der Waals surface area contributed by atoms with Crippen LogP contribution in [-0.4, -0.2) is 30.3 Å². The van der Waals surface area contributed by atoms with Crippen LogP contribution in [0.5, 0.6) is 0 Å². The van der Waals surface area contributed by atoms with E-state index < -0.39 is 20.5 Å². The Hall–Kier alpha value is -0.950. The molecule has 1 unspecified atom stereocenters. The Kier molecular flexibility index (Phi) is 3.69. The van der Waals surface area contributed by atoms with Crippen molar-refractivity contribution >= 4 is 27.1 Å². The van der Waals surface area contributed by atoms with Gasteiger partial charge in [-0.1, -0.05) is 0 Å². The van der Waals surface area contributed by atoms with Crippen LogP contribution in [0.25, 0.3) is 0 Å². The van der Waals surface area contributed by atoms with E-state index in [1.807, 2.05) is 0 Å². The Morgan fingerprint density at radius 1 is 1.62 bits per heavy atom. The molecule has 1 heterocycles. The lowest BCUT2D eigenvalue weighted by Crippen LogP contribution is -2.47. The number of thiazole rings is 1. The zero-order valence-corrected chi connectivity index (χ0v) is 10.8. The first-order chi connectivity index (χ1) is 7.27. The molecular formula is C9H14N2O3S2. The molecule has 0 bridgehead atoms. The van der Waals surface area contributed by atoms with Gasteiger partial charge in [0.1, 0.15) is 4.75 Å². The van der Waals surface area contributed by atoms with E-state index in [9.17, 15) is 13.2 Å². The number of sulfone groups is 1. The van der Waals surface area contributed by atoms with E-state index in [1.165, 1.54) is 18.3 Å². The van der Waals surface area contributed by atoms with E-state index in [4.69, 9.17) is 5.73 Å². The molecule has 1 aromatic heterocycles. The van der Waals surface area contributed by atoms with Crippen LogP contribution in [0, 0.1) is 0 Å². The summed E-state index contributed by atoms with van der Waals surface area (Å²) in [7, 11) is -3.51. The number of carbonyl (C=O) groups is 1. The Morgan fingerprint density at radius 2 is 2.25 bits per heavy atom. The van der Waals surface area contributed by atoms with Gasteiger partial charge in [0.05, 0.1) is 5.01 Å². The first kappa shape index (κ1) is 13.1. The van der Waals surface area contributed by atoms with Crippen molar-refractivity contribution in [3.8, 4) is 0 Å². The number of nitrogens with zero attached hydrogens (tertiary/aromatic N) is 1. The molecule has 1 aromatic rings. The molecule has 0 aromatic carbocycles. The number of aromatic nitrogens is 1. The number of primary amides is 1. The normalized spacial score (nSPS) is 15.6. The minimum absolute atomic E-state index is 0.161. The topological polar surface area (TPSA) is 90.1 Å². The minimum Gasteiger partial charge on any atom is -0.368 e. The average molecular weight is 262 g/mol. The van der Waals surface area contributed by atoms with Crippen LogP contribution in [0.15, 0.2) is 11.6 Å². The van der Waals surface area contributed by atoms with Gasteiger partial charge in [0.25, 0.3) is 0 Å². The maximum atomic E-state index is 11.5. The third-order valence-electron chi connectivity index (χ3n) is 2.64. The number of carbonyl (C=O) groups excluding carboxylic acids is 1. The first-order valence-corrected chi connectivity index (χ1v) is 7.42. The van der Waals surface area contributed by atoms with Gasteiger partial charge in [0.15, 0.2) is 9.84 Å². The summed E-state index contributed by atoms with van der Waals surface area (Å²) >= 11 is 1.43. The summed E-state index contributed by atoms with van der Waals surface area (Å²) in [5, 5.41) is 2.60. The molecule has 2 N–H and O–H groups in total. The van der Waals surface area contributed by atoms with E-state index in [0.717, 1.165) is 11.3 Å². The van der Waals surface area contributed by atoms with Gasteiger partial charge < -0.3 is 5.73 Å². The molecule has 0 spiro atoms. The van der Waals surface area contributed by atoms with Gasteiger partial charge in [0, 0.05) is 24.3 Å². The zero-order chi connectivity index (χ0) is 12.4. The molecule has 7 heteroatoms. The maximum absolute atomic E-state index is 11.5. The van der Waals surface area contributed by atoms with Crippen molar-refractivity contribution in [3.63, 3.8) is 0 Å². The van der Waals surface area contributed by atoms with Gasteiger partial charge in [0.2, 0.25) is 5.91 Å². The number of nitrogens with two attached hydrogens (primary N) is 1. The number of amides is 1. The van der Waals surface area contributed by atoms with Crippen LogP contribution in [0.2, 0.25) is 0 Å². The molecular weight excluding hydrogens is 248 g/mol.